The molecule has 0 unspecified atom stereocenters. The summed E-state index contributed by atoms with van der Waals surface area (Å²) >= 11 is 0. The number of fused-ring (bicyclic) bond motifs is 1. The van der Waals surface area contributed by atoms with E-state index >= 15 is 0 Å². The summed E-state index contributed by atoms with van der Waals surface area (Å²) in [6, 6.07) is 25.7. The average molecular weight is 365 g/mol. The fourth-order valence-corrected chi connectivity index (χ4v) is 3.06. The van der Waals surface area contributed by atoms with Crippen LogP contribution in [-0.4, -0.2) is 10.9 Å². The zero-order valence-electron chi connectivity index (χ0n) is 14.8. The number of benzene rings is 3. The number of aromatic amines is 1. The van der Waals surface area contributed by atoms with Crippen LogP contribution in [0, 0.1) is 11.3 Å². The Bertz CT molecular complexity index is 1300. The summed E-state index contributed by atoms with van der Waals surface area (Å²) in [4.78, 5) is 27.7. The second-order valence-electron chi connectivity index (χ2n) is 6.29. The van der Waals surface area contributed by atoms with Crippen LogP contribution >= 0.6 is 0 Å². The quantitative estimate of drug-likeness (QED) is 0.567. The molecule has 5 nitrogen and oxygen atoms in total. The lowest BCUT2D eigenvalue weighted by Gasteiger charge is -2.08. The highest BCUT2D eigenvalue weighted by Crippen LogP contribution is 2.22. The first-order valence-electron chi connectivity index (χ1n) is 8.69. The molecule has 0 fully saturated rings. The van der Waals surface area contributed by atoms with E-state index in [0.717, 1.165) is 16.3 Å². The molecule has 5 heteroatoms. The summed E-state index contributed by atoms with van der Waals surface area (Å²) in [5.74, 6) is -0.561. The molecule has 1 aromatic heterocycles. The van der Waals surface area contributed by atoms with Gasteiger partial charge in [0, 0.05) is 5.69 Å². The number of hydrogen-bond acceptors (Lipinski definition) is 3. The van der Waals surface area contributed by atoms with Crippen molar-refractivity contribution in [3.05, 3.63) is 100 Å². The predicted molar refractivity (Wildman–Crippen MR) is 109 cm³/mol. The topological polar surface area (TPSA) is 85.8 Å². The molecule has 4 rings (SSSR count). The number of amides is 1. The summed E-state index contributed by atoms with van der Waals surface area (Å²) in [5.41, 5.74) is 1.69. The van der Waals surface area contributed by atoms with Crippen molar-refractivity contribution in [3.63, 3.8) is 0 Å². The highest BCUT2D eigenvalue weighted by atomic mass is 16.2. The molecular weight excluding hydrogens is 350 g/mol. The van der Waals surface area contributed by atoms with Gasteiger partial charge in [-0.1, -0.05) is 48.5 Å². The van der Waals surface area contributed by atoms with Crippen LogP contribution in [0.25, 0.3) is 22.0 Å². The van der Waals surface area contributed by atoms with Crippen molar-refractivity contribution in [2.75, 3.05) is 5.32 Å². The van der Waals surface area contributed by atoms with Gasteiger partial charge in [0.15, 0.2) is 0 Å². The van der Waals surface area contributed by atoms with E-state index in [-0.39, 0.29) is 5.56 Å². The van der Waals surface area contributed by atoms with Gasteiger partial charge in [-0.15, -0.1) is 0 Å². The zero-order valence-corrected chi connectivity index (χ0v) is 14.8. The van der Waals surface area contributed by atoms with Crippen molar-refractivity contribution in [1.82, 2.24) is 4.98 Å². The van der Waals surface area contributed by atoms with Gasteiger partial charge in [-0.25, -0.2) is 0 Å². The smallest absolute Gasteiger partial charge is 0.261 e. The molecule has 0 aliphatic carbocycles. The summed E-state index contributed by atoms with van der Waals surface area (Å²) in [6.07, 6.45) is 0. The first kappa shape index (κ1) is 17.3. The van der Waals surface area contributed by atoms with E-state index < -0.39 is 11.5 Å². The normalized spacial score (nSPS) is 10.4. The Hall–Kier alpha value is -4.17. The Labute approximate surface area is 160 Å². The maximum absolute atomic E-state index is 12.5. The van der Waals surface area contributed by atoms with E-state index in [9.17, 15) is 9.59 Å². The van der Waals surface area contributed by atoms with Gasteiger partial charge in [-0.2, -0.15) is 5.26 Å². The number of pyridine rings is 1. The average Bonchev–Trinajstić information content (AvgIpc) is 2.73. The number of anilines is 1. The molecule has 1 amide bonds. The summed E-state index contributed by atoms with van der Waals surface area (Å²) < 4.78 is 0. The van der Waals surface area contributed by atoms with Crippen LogP contribution < -0.4 is 10.9 Å². The third-order valence-electron chi connectivity index (χ3n) is 4.51. The van der Waals surface area contributed by atoms with E-state index in [1.807, 2.05) is 48.5 Å². The Morgan fingerprint density at radius 3 is 2.43 bits per heavy atom. The fourth-order valence-electron chi connectivity index (χ4n) is 3.06. The number of aromatic nitrogens is 1. The number of nitrogens with one attached hydrogen (secondary N) is 2. The fraction of sp³-hybridized carbons (Fsp3) is 0. The molecule has 1 heterocycles. The molecule has 3 aromatic carbocycles. The van der Waals surface area contributed by atoms with Crippen LogP contribution in [-0.2, 0) is 0 Å². The van der Waals surface area contributed by atoms with Crippen LogP contribution in [0.5, 0.6) is 0 Å². The van der Waals surface area contributed by atoms with Gasteiger partial charge in [0.1, 0.15) is 11.6 Å². The monoisotopic (exact) mass is 365 g/mol. The minimum Gasteiger partial charge on any atom is -0.321 e. The van der Waals surface area contributed by atoms with Crippen molar-refractivity contribution in [3.8, 4) is 17.3 Å². The van der Waals surface area contributed by atoms with E-state index in [1.165, 1.54) is 6.07 Å². The number of carbonyl (C=O) groups is 1. The maximum Gasteiger partial charge on any atom is 0.261 e. The van der Waals surface area contributed by atoms with Gasteiger partial charge in [-0.05, 0) is 46.7 Å². The number of nitriles is 1. The van der Waals surface area contributed by atoms with Crippen LogP contribution in [0.15, 0.2) is 83.7 Å². The van der Waals surface area contributed by atoms with Gasteiger partial charge in [0.25, 0.3) is 11.5 Å². The summed E-state index contributed by atoms with van der Waals surface area (Å²) in [6.45, 7) is 0. The summed E-state index contributed by atoms with van der Waals surface area (Å²) in [7, 11) is 0. The van der Waals surface area contributed by atoms with E-state index in [1.54, 1.807) is 30.3 Å². The molecule has 0 aliphatic rings. The maximum atomic E-state index is 12.5. The molecule has 134 valence electrons. The third kappa shape index (κ3) is 3.27. The van der Waals surface area contributed by atoms with E-state index in [0.29, 0.717) is 16.9 Å². The van der Waals surface area contributed by atoms with E-state index in [4.69, 9.17) is 5.26 Å². The van der Waals surface area contributed by atoms with Crippen molar-refractivity contribution < 1.29 is 4.79 Å². The largest absolute Gasteiger partial charge is 0.321 e. The standard InChI is InChI=1S/C23H15N3O2/c24-14-18-7-3-4-8-20(18)25-22(27)19-11-12-21(26-23(19)28)17-10-9-15-5-1-2-6-16(15)13-17/h1-13H,(H,25,27)(H,26,28). The molecule has 28 heavy (non-hydrogen) atoms. The van der Waals surface area contributed by atoms with Crippen molar-refractivity contribution in [1.29, 1.82) is 5.26 Å². The zero-order chi connectivity index (χ0) is 19.5. The molecule has 0 aliphatic heterocycles. The Balaban J connectivity index is 1.64. The molecule has 0 saturated heterocycles. The number of carbonyl (C=O) groups excluding carboxylic acids is 1. The van der Waals surface area contributed by atoms with Crippen LogP contribution in [0.1, 0.15) is 15.9 Å². The predicted octanol–water partition coefficient (Wildman–Crippen LogP) is 4.32. The van der Waals surface area contributed by atoms with Gasteiger partial charge < -0.3 is 10.3 Å². The van der Waals surface area contributed by atoms with Crippen LogP contribution in [0.3, 0.4) is 0 Å². The number of para-hydroxylation sites is 1. The highest BCUT2D eigenvalue weighted by Gasteiger charge is 2.13. The number of rotatable bonds is 3. The first-order chi connectivity index (χ1) is 13.7. The van der Waals surface area contributed by atoms with Gasteiger partial charge in [0.2, 0.25) is 0 Å². The lowest BCUT2D eigenvalue weighted by Crippen LogP contribution is -2.23. The lowest BCUT2D eigenvalue weighted by molar-refractivity contribution is 0.102. The van der Waals surface area contributed by atoms with E-state index in [2.05, 4.69) is 10.3 Å². The lowest BCUT2D eigenvalue weighted by atomic mass is 10.0. The number of hydrogen-bond donors (Lipinski definition) is 2. The van der Waals surface area contributed by atoms with Gasteiger partial charge in [-0.3, -0.25) is 9.59 Å². The molecule has 0 spiro atoms. The third-order valence-corrected chi connectivity index (χ3v) is 4.51. The Morgan fingerprint density at radius 1 is 0.893 bits per heavy atom. The van der Waals surface area contributed by atoms with Crippen molar-refractivity contribution in [2.24, 2.45) is 0 Å². The second-order valence-corrected chi connectivity index (χ2v) is 6.29. The molecule has 0 saturated carbocycles. The second kappa shape index (κ2) is 7.22. The Kier molecular flexibility index (Phi) is 4.45. The molecular formula is C23H15N3O2. The van der Waals surface area contributed by atoms with Gasteiger partial charge >= 0.3 is 0 Å². The number of nitrogens with zero attached hydrogens (tertiary/aromatic N) is 1. The summed E-state index contributed by atoms with van der Waals surface area (Å²) in [5, 5.41) is 13.9. The molecule has 2 N–H and O–H groups in total. The van der Waals surface area contributed by atoms with Gasteiger partial charge in [0.05, 0.1) is 11.3 Å². The number of H-pyrrole nitrogens is 1. The molecule has 0 radical (unpaired) electrons. The highest BCUT2D eigenvalue weighted by molar-refractivity contribution is 6.04. The van der Waals surface area contributed by atoms with Crippen LogP contribution in [0.4, 0.5) is 5.69 Å². The minimum absolute atomic E-state index is 0.0164. The Morgan fingerprint density at radius 2 is 1.64 bits per heavy atom. The minimum atomic E-state index is -0.561. The SMILES string of the molecule is N#Cc1ccccc1NC(=O)c1ccc(-c2ccc3ccccc3c2)[nH]c1=O. The molecule has 4 aromatic rings. The van der Waals surface area contributed by atoms with Crippen LogP contribution in [0.2, 0.25) is 0 Å². The van der Waals surface area contributed by atoms with Crippen molar-refractivity contribution in [2.45, 2.75) is 0 Å². The molecule has 0 bridgehead atoms. The van der Waals surface area contributed by atoms with Crippen molar-refractivity contribution >= 4 is 22.4 Å². The molecule has 0 atom stereocenters. The first-order valence-corrected chi connectivity index (χ1v) is 8.69.